The fraction of sp³-hybridized carbons (Fsp3) is 0.700. The van der Waals surface area contributed by atoms with Crippen LogP contribution in [0.2, 0.25) is 0 Å². The lowest BCUT2D eigenvalue weighted by molar-refractivity contribution is -0.148. The van der Waals surface area contributed by atoms with Crippen LogP contribution in [0.5, 0.6) is 0 Å². The maximum Gasteiger partial charge on any atom is 0.334 e. The molecular weight excluding hydrogens is 152 g/mol. The Hall–Kier alpha value is -0.790. The zero-order valence-electron chi connectivity index (χ0n) is 8.14. The average Bonchev–Trinajstić information content (AvgIpc) is 2.33. The molecule has 0 aromatic carbocycles. The molecule has 2 fully saturated rings. The van der Waals surface area contributed by atoms with Gasteiger partial charge in [0.25, 0.3) is 0 Å². The molecule has 0 bridgehead atoms. The minimum atomic E-state index is -0.528. The van der Waals surface area contributed by atoms with Crippen LogP contribution in [0.25, 0.3) is 0 Å². The van der Waals surface area contributed by atoms with E-state index in [0.29, 0.717) is 5.57 Å². The second kappa shape index (κ2) is 2.61. The second-order valence-electron chi connectivity index (χ2n) is 3.68. The molecule has 2 rings (SSSR count). The van der Waals surface area contributed by atoms with Gasteiger partial charge in [0.2, 0.25) is 0 Å². The van der Waals surface area contributed by atoms with Crippen LogP contribution >= 0.6 is 0 Å². The van der Waals surface area contributed by atoms with E-state index in [1.165, 1.54) is 6.42 Å². The molecule has 1 saturated heterocycles. The summed E-state index contributed by atoms with van der Waals surface area (Å²) in [6.45, 7) is 3.60. The number of rotatable bonds is 0. The molecule has 66 valence electrons. The van der Waals surface area contributed by atoms with Crippen molar-refractivity contribution < 1.29 is 10.9 Å². The Kier molecular flexibility index (Phi) is 1.46. The molecule has 1 atom stereocenters. The lowest BCUT2D eigenvalue weighted by Crippen LogP contribution is -2.30. The summed E-state index contributed by atoms with van der Waals surface area (Å²) >= 11 is 0. The van der Waals surface area contributed by atoms with Gasteiger partial charge in [-0.1, -0.05) is 13.0 Å². The van der Waals surface area contributed by atoms with Crippen molar-refractivity contribution in [3.8, 4) is 0 Å². The highest BCUT2D eigenvalue weighted by Gasteiger charge is 2.43. The first-order chi connectivity index (χ1) is 6.16. The summed E-state index contributed by atoms with van der Waals surface area (Å²) in [5.41, 5.74) is -0.172. The van der Waals surface area contributed by atoms with Crippen molar-refractivity contribution in [2.75, 3.05) is 0 Å². The van der Waals surface area contributed by atoms with Crippen LogP contribution in [0.15, 0.2) is 12.2 Å². The van der Waals surface area contributed by atoms with Crippen LogP contribution in [0.4, 0.5) is 0 Å². The minimum Gasteiger partial charge on any atom is -0.455 e. The van der Waals surface area contributed by atoms with Gasteiger partial charge in [0.1, 0.15) is 5.60 Å². The first kappa shape index (κ1) is 6.70. The zero-order chi connectivity index (χ0) is 9.47. The Morgan fingerprint density at radius 2 is 2.08 bits per heavy atom. The van der Waals surface area contributed by atoms with Gasteiger partial charge in [-0.2, -0.15) is 0 Å². The van der Waals surface area contributed by atoms with Crippen molar-refractivity contribution in [1.29, 1.82) is 0 Å². The third-order valence-electron chi connectivity index (χ3n) is 2.70. The first-order valence-corrected chi connectivity index (χ1v) is 4.50. The highest BCUT2D eigenvalue weighted by atomic mass is 16.6. The van der Waals surface area contributed by atoms with E-state index in [2.05, 4.69) is 6.58 Å². The molecule has 1 aliphatic heterocycles. The van der Waals surface area contributed by atoms with E-state index in [-0.39, 0.29) is 5.97 Å². The number of esters is 1. The van der Waals surface area contributed by atoms with Crippen LogP contribution in [0, 0.1) is 0 Å². The third-order valence-corrected chi connectivity index (χ3v) is 2.70. The Morgan fingerprint density at radius 3 is 2.58 bits per heavy atom. The molecule has 1 heterocycles. The van der Waals surface area contributed by atoms with Crippen molar-refractivity contribution in [1.82, 2.24) is 0 Å². The average molecular weight is 167 g/mol. The molecule has 0 radical (unpaired) electrons. The van der Waals surface area contributed by atoms with E-state index in [1.807, 2.05) is 0 Å². The van der Waals surface area contributed by atoms with Gasteiger partial charge in [-0.15, -0.1) is 0 Å². The summed E-state index contributed by atoms with van der Waals surface area (Å²) in [5.74, 6) is -0.359. The summed E-state index contributed by atoms with van der Waals surface area (Å²) in [5, 5.41) is 0. The highest BCUT2D eigenvalue weighted by molar-refractivity contribution is 5.90. The third kappa shape index (κ3) is 1.15. The molecule has 2 heteroatoms. The standard InChI is InChI=1S/C10H14O2/c1-8-7-10(12-9(8)11)5-3-2-4-6-10/h1-7H2/i7D. The molecule has 1 aliphatic carbocycles. The quantitative estimate of drug-likeness (QED) is 0.408. The molecule has 2 aliphatic rings. The Balaban J connectivity index is 2.23. The summed E-state index contributed by atoms with van der Waals surface area (Å²) in [6.07, 6.45) is 4.47. The largest absolute Gasteiger partial charge is 0.455 e. The van der Waals surface area contributed by atoms with E-state index in [1.54, 1.807) is 0 Å². The van der Waals surface area contributed by atoms with Gasteiger partial charge in [-0.25, -0.2) is 4.79 Å². The molecule has 0 aromatic heterocycles. The minimum absolute atomic E-state index is 0.335. The number of carbonyl (C=O) groups is 1. The summed E-state index contributed by atoms with van der Waals surface area (Å²) in [4.78, 5) is 11.2. The van der Waals surface area contributed by atoms with Gasteiger partial charge in [0.15, 0.2) is 0 Å². The molecule has 0 N–H and O–H groups in total. The Labute approximate surface area is 74.0 Å². The number of hydrogen-bond acceptors (Lipinski definition) is 2. The summed E-state index contributed by atoms with van der Waals surface area (Å²) < 4.78 is 13.2. The molecular formula is C10H14O2. The highest BCUT2D eigenvalue weighted by Crippen LogP contribution is 2.41. The lowest BCUT2D eigenvalue weighted by atomic mass is 9.82. The van der Waals surface area contributed by atoms with Crippen LogP contribution in [0.1, 0.15) is 39.9 Å². The SMILES string of the molecule is [2H]C1C(=C)C(=O)OC12CCCCC2. The Bertz CT molecular complexity index is 254. The lowest BCUT2D eigenvalue weighted by Gasteiger charge is -2.31. The predicted octanol–water partition coefficient (Wildman–Crippen LogP) is 2.19. The van der Waals surface area contributed by atoms with E-state index in [4.69, 9.17) is 6.11 Å². The van der Waals surface area contributed by atoms with Crippen LogP contribution in [0.3, 0.4) is 0 Å². The predicted molar refractivity (Wildman–Crippen MR) is 45.7 cm³/mol. The fourth-order valence-electron chi connectivity index (χ4n) is 2.05. The van der Waals surface area contributed by atoms with Gasteiger partial charge in [-0.3, -0.25) is 0 Å². The summed E-state index contributed by atoms with van der Waals surface area (Å²) in [7, 11) is 0. The second-order valence-corrected chi connectivity index (χ2v) is 3.68. The van der Waals surface area contributed by atoms with Crippen molar-refractivity contribution in [2.45, 2.75) is 44.1 Å². The monoisotopic (exact) mass is 167 g/mol. The van der Waals surface area contributed by atoms with Gasteiger partial charge < -0.3 is 4.74 Å². The summed E-state index contributed by atoms with van der Waals surface area (Å²) in [6, 6.07) is 0. The van der Waals surface area contributed by atoms with Crippen molar-refractivity contribution in [3.05, 3.63) is 12.2 Å². The van der Waals surface area contributed by atoms with Crippen molar-refractivity contribution in [2.24, 2.45) is 0 Å². The molecule has 12 heavy (non-hydrogen) atoms. The van der Waals surface area contributed by atoms with Crippen molar-refractivity contribution in [3.63, 3.8) is 0 Å². The van der Waals surface area contributed by atoms with E-state index >= 15 is 0 Å². The fourth-order valence-corrected chi connectivity index (χ4v) is 2.05. The van der Waals surface area contributed by atoms with Gasteiger partial charge in [0.05, 0.1) is 0 Å². The van der Waals surface area contributed by atoms with Gasteiger partial charge in [0, 0.05) is 13.3 Å². The van der Waals surface area contributed by atoms with Gasteiger partial charge in [-0.05, 0) is 25.7 Å². The number of hydrogen-bond donors (Lipinski definition) is 0. The van der Waals surface area contributed by atoms with E-state index in [9.17, 15) is 4.79 Å². The van der Waals surface area contributed by atoms with Gasteiger partial charge >= 0.3 is 5.97 Å². The molecule has 0 amide bonds. The molecule has 1 unspecified atom stereocenters. The molecule has 0 aromatic rings. The number of ether oxygens (including phenoxy) is 1. The molecule has 1 spiro atoms. The molecule has 1 saturated carbocycles. The Morgan fingerprint density at radius 1 is 1.42 bits per heavy atom. The normalized spacial score (nSPS) is 35.0. The van der Waals surface area contributed by atoms with Crippen LogP contribution in [-0.2, 0) is 9.53 Å². The zero-order valence-corrected chi connectivity index (χ0v) is 7.14. The molecule has 2 nitrogen and oxygen atoms in total. The smallest absolute Gasteiger partial charge is 0.334 e. The van der Waals surface area contributed by atoms with E-state index < -0.39 is 12.0 Å². The van der Waals surface area contributed by atoms with Crippen molar-refractivity contribution >= 4 is 5.97 Å². The van der Waals surface area contributed by atoms with E-state index in [0.717, 1.165) is 25.7 Å². The maximum atomic E-state index is 11.2. The first-order valence-electron chi connectivity index (χ1n) is 5.08. The van der Waals surface area contributed by atoms with Crippen LogP contribution < -0.4 is 0 Å². The number of carbonyl (C=O) groups excluding carboxylic acids is 1. The topological polar surface area (TPSA) is 26.3 Å². The van der Waals surface area contributed by atoms with Crippen LogP contribution in [-0.4, -0.2) is 11.6 Å². The maximum absolute atomic E-state index is 11.2.